The first-order chi connectivity index (χ1) is 10.00. The van der Waals surface area contributed by atoms with Crippen LogP contribution in [-0.4, -0.2) is 28.4 Å². The summed E-state index contributed by atoms with van der Waals surface area (Å²) in [7, 11) is 0. The van der Waals surface area contributed by atoms with E-state index in [1.54, 1.807) is 0 Å². The van der Waals surface area contributed by atoms with Crippen LogP contribution < -0.4 is 10.3 Å². The van der Waals surface area contributed by atoms with E-state index < -0.39 is 29.9 Å². The molecular formula is C11H5ClF6N2O2. The summed E-state index contributed by atoms with van der Waals surface area (Å²) in [6, 6.07) is 4.03. The maximum absolute atomic E-state index is 12.4. The first-order valence-electron chi connectivity index (χ1n) is 5.49. The minimum absolute atomic E-state index is 0.0421. The van der Waals surface area contributed by atoms with Crippen molar-refractivity contribution in [1.29, 1.82) is 0 Å². The predicted molar refractivity (Wildman–Crippen MR) is 63.9 cm³/mol. The lowest BCUT2D eigenvalue weighted by molar-refractivity contribution is -0.300. The molecule has 11 heteroatoms. The van der Waals surface area contributed by atoms with Gasteiger partial charge in [0.25, 0.3) is 12.0 Å². The van der Waals surface area contributed by atoms with Crippen LogP contribution in [0.15, 0.2) is 23.0 Å². The number of halogens is 7. The van der Waals surface area contributed by atoms with Crippen LogP contribution in [0.3, 0.4) is 0 Å². The molecule has 2 aromatic rings. The van der Waals surface area contributed by atoms with Crippen molar-refractivity contribution in [2.24, 2.45) is 0 Å². The van der Waals surface area contributed by atoms with E-state index in [0.29, 0.717) is 0 Å². The number of alkyl halides is 6. The van der Waals surface area contributed by atoms with E-state index >= 15 is 0 Å². The fourth-order valence-corrected chi connectivity index (χ4v) is 1.79. The Labute approximate surface area is 122 Å². The molecule has 2 rings (SSSR count). The molecule has 0 unspecified atom stereocenters. The molecule has 120 valence electrons. The highest BCUT2D eigenvalue weighted by Gasteiger charge is 2.59. The molecule has 0 saturated carbocycles. The van der Waals surface area contributed by atoms with Crippen LogP contribution in [0, 0.1) is 0 Å². The second-order valence-corrected chi connectivity index (χ2v) is 4.50. The molecular weight excluding hydrogens is 342 g/mol. The Kier molecular flexibility index (Phi) is 3.98. The van der Waals surface area contributed by atoms with E-state index in [4.69, 9.17) is 11.6 Å². The van der Waals surface area contributed by atoms with Crippen LogP contribution in [0.25, 0.3) is 11.0 Å². The number of H-pyrrole nitrogens is 1. The Morgan fingerprint density at radius 2 is 1.73 bits per heavy atom. The second-order valence-electron chi connectivity index (χ2n) is 4.09. The highest BCUT2D eigenvalue weighted by Crippen LogP contribution is 2.35. The molecule has 4 nitrogen and oxygen atoms in total. The molecule has 0 fully saturated rings. The number of para-hydroxylation sites is 1. The summed E-state index contributed by atoms with van der Waals surface area (Å²) in [5.41, 5.74) is -1.49. The smallest absolute Gasteiger partial charge is 0.434 e. The molecule has 1 aromatic heterocycles. The Balaban J connectivity index is 2.53. The van der Waals surface area contributed by atoms with Crippen molar-refractivity contribution in [2.45, 2.75) is 18.5 Å². The quantitative estimate of drug-likeness (QED) is 0.847. The lowest BCUT2D eigenvalue weighted by Crippen LogP contribution is -2.47. The molecule has 1 aromatic carbocycles. The van der Waals surface area contributed by atoms with Gasteiger partial charge < -0.3 is 9.72 Å². The van der Waals surface area contributed by atoms with E-state index in [1.165, 1.54) is 18.2 Å². The van der Waals surface area contributed by atoms with E-state index in [-0.39, 0.29) is 16.1 Å². The van der Waals surface area contributed by atoms with Gasteiger partial charge in [-0.05, 0) is 12.1 Å². The average molecular weight is 347 g/mol. The molecule has 1 heterocycles. The van der Waals surface area contributed by atoms with Crippen LogP contribution >= 0.6 is 11.6 Å². The normalized spacial score (nSPS) is 12.9. The number of hydrogen-bond acceptors (Lipinski definition) is 3. The summed E-state index contributed by atoms with van der Waals surface area (Å²) >= 11 is 5.71. The number of nitrogens with zero attached hydrogens (tertiary/aromatic N) is 1. The lowest BCUT2D eigenvalue weighted by Gasteiger charge is -2.22. The number of ether oxygens (including phenoxy) is 1. The van der Waals surface area contributed by atoms with Crippen molar-refractivity contribution >= 4 is 22.6 Å². The Hall–Kier alpha value is -1.97. The van der Waals surface area contributed by atoms with Crippen LogP contribution in [-0.2, 0) is 0 Å². The molecule has 1 N–H and O–H groups in total. The first-order valence-corrected chi connectivity index (χ1v) is 5.86. The third kappa shape index (κ3) is 3.26. The van der Waals surface area contributed by atoms with Gasteiger partial charge in [-0.25, -0.2) is 4.98 Å². The van der Waals surface area contributed by atoms with E-state index in [0.717, 1.165) is 0 Å². The highest BCUT2D eigenvalue weighted by atomic mass is 35.5. The standard InChI is InChI=1S/C11H5ClF6N2O2/c12-4-2-1-3-5-6(4)20-8(7(21)19-5)22-9(10(13,14)15)11(16,17)18/h1-3,9H,(H,19,21). The monoisotopic (exact) mass is 346 g/mol. The molecule has 22 heavy (non-hydrogen) atoms. The summed E-state index contributed by atoms with van der Waals surface area (Å²) in [6.07, 6.45) is -15.7. The van der Waals surface area contributed by atoms with Crippen molar-refractivity contribution in [1.82, 2.24) is 9.97 Å². The minimum Gasteiger partial charge on any atom is -0.451 e. The summed E-state index contributed by atoms with van der Waals surface area (Å²) in [4.78, 5) is 16.9. The van der Waals surface area contributed by atoms with Crippen LogP contribution in [0.1, 0.15) is 0 Å². The molecule has 0 aliphatic rings. The topological polar surface area (TPSA) is 55.0 Å². The van der Waals surface area contributed by atoms with Gasteiger partial charge in [0.05, 0.1) is 10.5 Å². The number of rotatable bonds is 2. The van der Waals surface area contributed by atoms with Gasteiger partial charge in [0.2, 0.25) is 0 Å². The third-order valence-corrected chi connectivity index (χ3v) is 2.77. The van der Waals surface area contributed by atoms with Gasteiger partial charge in [-0.2, -0.15) is 26.3 Å². The number of hydrogen-bond donors (Lipinski definition) is 1. The SMILES string of the molecule is O=c1[nH]c2cccc(Cl)c2nc1OC(C(F)(F)F)C(F)(F)F. The van der Waals surface area contributed by atoms with Gasteiger partial charge in [-0.3, -0.25) is 4.79 Å². The Bertz CT molecular complexity index is 741. The van der Waals surface area contributed by atoms with Gasteiger partial charge in [0.1, 0.15) is 5.52 Å². The van der Waals surface area contributed by atoms with Crippen LogP contribution in [0.2, 0.25) is 5.02 Å². The molecule has 0 saturated heterocycles. The number of aromatic amines is 1. The van der Waals surface area contributed by atoms with Crippen LogP contribution in [0.5, 0.6) is 5.88 Å². The van der Waals surface area contributed by atoms with Crippen molar-refractivity contribution in [3.8, 4) is 5.88 Å². The lowest BCUT2D eigenvalue weighted by atomic mass is 10.3. The molecule has 0 aliphatic heterocycles. The van der Waals surface area contributed by atoms with Gasteiger partial charge >= 0.3 is 17.9 Å². The molecule has 0 bridgehead atoms. The first kappa shape index (κ1) is 16.4. The van der Waals surface area contributed by atoms with Crippen molar-refractivity contribution in [3.63, 3.8) is 0 Å². The molecule has 0 aliphatic carbocycles. The minimum atomic E-state index is -5.76. The van der Waals surface area contributed by atoms with Gasteiger partial charge in [-0.15, -0.1) is 0 Å². The van der Waals surface area contributed by atoms with E-state index in [9.17, 15) is 31.1 Å². The zero-order chi connectivity index (χ0) is 16.7. The second kappa shape index (κ2) is 5.34. The van der Waals surface area contributed by atoms with Crippen molar-refractivity contribution < 1.29 is 31.1 Å². The largest absolute Gasteiger partial charge is 0.451 e. The maximum Gasteiger partial charge on any atom is 0.434 e. The zero-order valence-electron chi connectivity index (χ0n) is 10.2. The molecule has 0 radical (unpaired) electrons. The summed E-state index contributed by atoms with van der Waals surface area (Å²) in [5, 5.41) is -0.0748. The molecule has 0 amide bonds. The van der Waals surface area contributed by atoms with E-state index in [1.807, 2.05) is 4.98 Å². The van der Waals surface area contributed by atoms with Crippen molar-refractivity contribution in [2.75, 3.05) is 0 Å². The number of aromatic nitrogens is 2. The fourth-order valence-electron chi connectivity index (χ4n) is 1.57. The third-order valence-electron chi connectivity index (χ3n) is 2.47. The number of fused-ring (bicyclic) bond motifs is 1. The Morgan fingerprint density at radius 1 is 1.14 bits per heavy atom. The van der Waals surface area contributed by atoms with Gasteiger partial charge in [0, 0.05) is 0 Å². The number of nitrogens with one attached hydrogen (secondary N) is 1. The highest BCUT2D eigenvalue weighted by molar-refractivity contribution is 6.34. The number of benzene rings is 1. The zero-order valence-corrected chi connectivity index (χ0v) is 11.0. The maximum atomic E-state index is 12.4. The van der Waals surface area contributed by atoms with Gasteiger partial charge in [0.15, 0.2) is 0 Å². The van der Waals surface area contributed by atoms with E-state index in [2.05, 4.69) is 9.72 Å². The van der Waals surface area contributed by atoms with Crippen molar-refractivity contribution in [3.05, 3.63) is 33.6 Å². The van der Waals surface area contributed by atoms with Crippen LogP contribution in [0.4, 0.5) is 26.3 Å². The summed E-state index contributed by atoms with van der Waals surface area (Å²) < 4.78 is 78.3. The summed E-state index contributed by atoms with van der Waals surface area (Å²) in [5.74, 6) is -1.37. The molecule has 0 spiro atoms. The fraction of sp³-hybridized carbons (Fsp3) is 0.273. The molecule has 0 atom stereocenters. The Morgan fingerprint density at radius 3 is 2.27 bits per heavy atom. The summed E-state index contributed by atoms with van der Waals surface area (Å²) in [6.45, 7) is 0. The van der Waals surface area contributed by atoms with Gasteiger partial charge in [-0.1, -0.05) is 17.7 Å². The average Bonchev–Trinajstić information content (AvgIpc) is 2.34. The predicted octanol–water partition coefficient (Wildman–Crippen LogP) is 3.45.